The number of nitrogens with zero attached hydrogens (tertiary/aromatic N) is 3. The molecule has 0 saturated heterocycles. The lowest BCUT2D eigenvalue weighted by atomic mass is 10.3. The van der Waals surface area contributed by atoms with Crippen LogP contribution in [0.3, 0.4) is 0 Å². The van der Waals surface area contributed by atoms with Crippen LogP contribution in [0.25, 0.3) is 0 Å². The van der Waals surface area contributed by atoms with Gasteiger partial charge in [-0.25, -0.2) is 4.98 Å². The van der Waals surface area contributed by atoms with Gasteiger partial charge in [0.2, 0.25) is 0 Å². The number of alkyl halides is 2. The molecule has 0 aliphatic rings. The van der Waals surface area contributed by atoms with E-state index in [0.717, 1.165) is 4.57 Å². The minimum Gasteiger partial charge on any atom is -0.396 e. The van der Waals surface area contributed by atoms with E-state index in [9.17, 15) is 8.78 Å². The minimum absolute atomic E-state index is 0.0330. The largest absolute Gasteiger partial charge is 0.396 e. The Morgan fingerprint density at radius 2 is 2.06 bits per heavy atom. The number of hydrogen-bond acceptors (Lipinski definition) is 4. The molecule has 98 valence electrons. The molecule has 0 spiro atoms. The summed E-state index contributed by atoms with van der Waals surface area (Å²) in [4.78, 5) is 5.64. The Kier molecular flexibility index (Phi) is 6.03. The summed E-state index contributed by atoms with van der Waals surface area (Å²) in [7, 11) is 0. The molecule has 1 aromatic heterocycles. The lowest BCUT2D eigenvalue weighted by Crippen LogP contribution is -2.29. The van der Waals surface area contributed by atoms with Gasteiger partial charge in [-0.3, -0.25) is 9.47 Å². The second kappa shape index (κ2) is 7.31. The van der Waals surface area contributed by atoms with Gasteiger partial charge in [0.25, 0.3) is 0 Å². The fourth-order valence-corrected chi connectivity index (χ4v) is 1.55. The fraction of sp³-hybridized carbons (Fsp3) is 0.700. The molecule has 5 nitrogen and oxygen atoms in total. The van der Waals surface area contributed by atoms with Crippen molar-refractivity contribution in [1.29, 1.82) is 0 Å². The second-order valence-electron chi connectivity index (χ2n) is 3.61. The first-order valence-corrected chi connectivity index (χ1v) is 5.43. The summed E-state index contributed by atoms with van der Waals surface area (Å²) >= 11 is 0. The maximum Gasteiger partial charge on any atom is 0.319 e. The number of hydrogen-bond donors (Lipinski definition) is 2. The van der Waals surface area contributed by atoms with E-state index < -0.39 is 6.55 Å². The molecule has 7 heteroatoms. The highest BCUT2D eigenvalue weighted by atomic mass is 19.3. The molecule has 0 radical (unpaired) electrons. The van der Waals surface area contributed by atoms with Crippen LogP contribution in [-0.2, 0) is 6.54 Å². The Balaban J connectivity index is 2.61. The molecule has 2 N–H and O–H groups in total. The van der Waals surface area contributed by atoms with Gasteiger partial charge in [0, 0.05) is 32.1 Å². The molecule has 0 unspecified atom stereocenters. The van der Waals surface area contributed by atoms with Crippen LogP contribution in [0.15, 0.2) is 12.4 Å². The Morgan fingerprint density at radius 1 is 1.29 bits per heavy atom. The molecule has 0 aliphatic carbocycles. The highest BCUT2D eigenvalue weighted by Gasteiger charge is 2.14. The molecule has 0 aromatic carbocycles. The Morgan fingerprint density at radius 3 is 2.65 bits per heavy atom. The van der Waals surface area contributed by atoms with Gasteiger partial charge in [-0.15, -0.1) is 0 Å². The van der Waals surface area contributed by atoms with E-state index in [1.165, 1.54) is 12.4 Å². The van der Waals surface area contributed by atoms with Crippen molar-refractivity contribution in [3.05, 3.63) is 18.2 Å². The van der Waals surface area contributed by atoms with Crippen LogP contribution in [0.4, 0.5) is 8.78 Å². The maximum atomic E-state index is 12.6. The highest BCUT2D eigenvalue weighted by Crippen LogP contribution is 2.13. The lowest BCUT2D eigenvalue weighted by Gasteiger charge is -2.20. The predicted molar refractivity (Wildman–Crippen MR) is 57.5 cm³/mol. The predicted octanol–water partition coefficient (Wildman–Crippen LogP) is 0.455. The first kappa shape index (κ1) is 14.0. The number of aliphatic hydroxyl groups is 2. The first-order chi connectivity index (χ1) is 8.19. The summed E-state index contributed by atoms with van der Waals surface area (Å²) in [5.41, 5.74) is 0. The summed E-state index contributed by atoms with van der Waals surface area (Å²) in [6, 6.07) is 0. The van der Waals surface area contributed by atoms with Gasteiger partial charge in [0.1, 0.15) is 5.82 Å². The summed E-state index contributed by atoms with van der Waals surface area (Å²) < 4.78 is 25.9. The molecule has 0 amide bonds. The SMILES string of the molecule is OCCCN(CCO)Cc1nccn1C(F)F. The monoisotopic (exact) mass is 249 g/mol. The molecule has 1 heterocycles. The van der Waals surface area contributed by atoms with Gasteiger partial charge < -0.3 is 10.2 Å². The van der Waals surface area contributed by atoms with Gasteiger partial charge >= 0.3 is 6.55 Å². The third-order valence-electron chi connectivity index (χ3n) is 2.37. The number of aliphatic hydroxyl groups excluding tert-OH is 2. The van der Waals surface area contributed by atoms with Crippen molar-refractivity contribution in [2.24, 2.45) is 0 Å². The van der Waals surface area contributed by atoms with Gasteiger partial charge in [0.05, 0.1) is 13.2 Å². The summed E-state index contributed by atoms with van der Waals surface area (Å²) in [6.07, 6.45) is 3.09. The molecule has 0 aliphatic heterocycles. The topological polar surface area (TPSA) is 61.5 Å². The molecule has 0 atom stereocenters. The molecule has 17 heavy (non-hydrogen) atoms. The van der Waals surface area contributed by atoms with Gasteiger partial charge in [-0.2, -0.15) is 8.78 Å². The molecule has 0 fully saturated rings. The van der Waals surface area contributed by atoms with Crippen LogP contribution < -0.4 is 0 Å². The van der Waals surface area contributed by atoms with Crippen molar-refractivity contribution in [3.63, 3.8) is 0 Å². The van der Waals surface area contributed by atoms with Crippen molar-refractivity contribution >= 4 is 0 Å². The summed E-state index contributed by atoms with van der Waals surface area (Å²) in [5.74, 6) is 0.256. The van der Waals surface area contributed by atoms with E-state index in [0.29, 0.717) is 19.5 Å². The van der Waals surface area contributed by atoms with E-state index in [-0.39, 0.29) is 25.6 Å². The van der Waals surface area contributed by atoms with E-state index in [2.05, 4.69) is 4.98 Å². The molecular formula is C10H17F2N3O2. The Labute approximate surface area is 98.3 Å². The van der Waals surface area contributed by atoms with Crippen molar-refractivity contribution in [2.75, 3.05) is 26.3 Å². The molecule has 1 rings (SSSR count). The zero-order valence-electron chi connectivity index (χ0n) is 9.47. The third kappa shape index (κ3) is 4.37. The van der Waals surface area contributed by atoms with Crippen molar-refractivity contribution < 1.29 is 19.0 Å². The van der Waals surface area contributed by atoms with Gasteiger partial charge in [-0.1, -0.05) is 0 Å². The van der Waals surface area contributed by atoms with Gasteiger partial charge in [-0.05, 0) is 6.42 Å². The van der Waals surface area contributed by atoms with Crippen LogP contribution in [-0.4, -0.2) is 51.0 Å². The Hall–Kier alpha value is -1.05. The normalized spacial score (nSPS) is 11.6. The highest BCUT2D eigenvalue weighted by molar-refractivity contribution is 4.92. The molecule has 0 bridgehead atoms. The average molecular weight is 249 g/mol. The summed E-state index contributed by atoms with van der Waals surface area (Å²) in [6.45, 7) is -1.49. The van der Waals surface area contributed by atoms with Crippen LogP contribution in [0.2, 0.25) is 0 Å². The Bertz CT molecular complexity index is 320. The van der Waals surface area contributed by atoms with E-state index >= 15 is 0 Å². The van der Waals surface area contributed by atoms with Crippen LogP contribution >= 0.6 is 0 Å². The first-order valence-electron chi connectivity index (χ1n) is 5.43. The zero-order valence-corrected chi connectivity index (χ0v) is 9.47. The minimum atomic E-state index is -2.61. The fourth-order valence-electron chi connectivity index (χ4n) is 1.55. The second-order valence-corrected chi connectivity index (χ2v) is 3.61. The van der Waals surface area contributed by atoms with E-state index in [4.69, 9.17) is 10.2 Å². The average Bonchev–Trinajstić information content (AvgIpc) is 2.74. The maximum absolute atomic E-state index is 12.6. The molecule has 1 aromatic rings. The number of rotatable bonds is 8. The number of halogens is 2. The molecule has 0 saturated carbocycles. The van der Waals surface area contributed by atoms with Crippen LogP contribution in [0.5, 0.6) is 0 Å². The van der Waals surface area contributed by atoms with E-state index in [1.807, 2.05) is 0 Å². The quantitative estimate of drug-likeness (QED) is 0.702. The van der Waals surface area contributed by atoms with Crippen LogP contribution in [0, 0.1) is 0 Å². The van der Waals surface area contributed by atoms with Gasteiger partial charge in [0.15, 0.2) is 0 Å². The number of aromatic nitrogens is 2. The van der Waals surface area contributed by atoms with Crippen molar-refractivity contribution in [2.45, 2.75) is 19.5 Å². The standard InChI is InChI=1S/C10H17F2N3O2/c11-10(12)15-4-2-13-9(15)8-14(5-7-17)3-1-6-16/h2,4,10,16-17H,1,3,5-8H2. The third-order valence-corrected chi connectivity index (χ3v) is 2.37. The van der Waals surface area contributed by atoms with Crippen molar-refractivity contribution in [1.82, 2.24) is 14.5 Å². The van der Waals surface area contributed by atoms with E-state index in [1.54, 1.807) is 4.90 Å². The lowest BCUT2D eigenvalue weighted by molar-refractivity contribution is 0.0629. The van der Waals surface area contributed by atoms with Crippen LogP contribution in [0.1, 0.15) is 18.8 Å². The number of imidazole rings is 1. The smallest absolute Gasteiger partial charge is 0.319 e. The summed E-state index contributed by atoms with van der Waals surface area (Å²) in [5, 5.41) is 17.6. The molecular weight excluding hydrogens is 232 g/mol. The zero-order chi connectivity index (χ0) is 12.7. The van der Waals surface area contributed by atoms with Crippen molar-refractivity contribution in [3.8, 4) is 0 Å².